The van der Waals surface area contributed by atoms with Crippen LogP contribution in [0.4, 0.5) is 0 Å². The fraction of sp³-hybridized carbons (Fsp3) is 0.900. The molecule has 296 valence electrons. The predicted octanol–water partition coefficient (Wildman–Crippen LogP) is 11.0. The van der Waals surface area contributed by atoms with E-state index in [4.69, 9.17) is 18.5 Å². The van der Waals surface area contributed by atoms with Crippen LogP contribution in [0.3, 0.4) is 0 Å². The number of unbranched alkanes of at least 4 members (excludes halogenated alkanes) is 23. The lowest BCUT2D eigenvalue weighted by molar-refractivity contribution is -0.870. The third-order valence-electron chi connectivity index (χ3n) is 8.94. The van der Waals surface area contributed by atoms with Gasteiger partial charge in [-0.15, -0.1) is 6.58 Å². The Balaban J connectivity index is 4.34. The van der Waals surface area contributed by atoms with E-state index < -0.39 is 26.5 Å². The summed E-state index contributed by atoms with van der Waals surface area (Å²) in [6.45, 7) is 5.94. The van der Waals surface area contributed by atoms with E-state index in [-0.39, 0.29) is 25.6 Å². The molecule has 0 aromatic heterocycles. The summed E-state index contributed by atoms with van der Waals surface area (Å²) in [5, 5.41) is 0. The van der Waals surface area contributed by atoms with Gasteiger partial charge in [-0.1, -0.05) is 148 Å². The maximum Gasteiger partial charge on any atom is 0.472 e. The van der Waals surface area contributed by atoms with Crippen LogP contribution < -0.4 is 0 Å². The van der Waals surface area contributed by atoms with E-state index in [0.717, 1.165) is 38.5 Å². The molecule has 0 saturated heterocycles. The van der Waals surface area contributed by atoms with Crippen LogP contribution in [-0.4, -0.2) is 74.9 Å². The molecule has 50 heavy (non-hydrogen) atoms. The Morgan fingerprint density at radius 3 is 1.50 bits per heavy atom. The normalized spacial score (nSPS) is 13.5. The number of likely N-dealkylation sites (N-methyl/N-ethyl adjacent to an activating group) is 1. The zero-order chi connectivity index (χ0) is 37.2. The highest BCUT2D eigenvalue weighted by atomic mass is 31.2. The number of ether oxygens (including phenoxy) is 2. The van der Waals surface area contributed by atoms with E-state index in [1.807, 2.05) is 27.2 Å². The number of allylic oxidation sites excluding steroid dienone is 1. The number of hydrogen-bond donors (Lipinski definition) is 1. The van der Waals surface area contributed by atoms with Crippen molar-refractivity contribution in [1.29, 1.82) is 0 Å². The number of phosphoric acid groups is 1. The lowest BCUT2D eigenvalue weighted by atomic mass is 10.0. The Hall–Kier alpha value is -1.25. The molecule has 10 heteroatoms. The minimum Gasteiger partial charge on any atom is -0.462 e. The van der Waals surface area contributed by atoms with Crippen LogP contribution in [0.15, 0.2) is 12.7 Å². The molecule has 0 aliphatic carbocycles. The molecule has 2 atom stereocenters. The number of phosphoric ester groups is 1. The molecular formula is C40H79NO8P+. The average Bonchev–Trinajstić information content (AvgIpc) is 3.06. The summed E-state index contributed by atoms with van der Waals surface area (Å²) in [6.07, 6.45) is 31.5. The maximum atomic E-state index is 12.6. The van der Waals surface area contributed by atoms with Gasteiger partial charge < -0.3 is 18.9 Å². The van der Waals surface area contributed by atoms with Crippen LogP contribution in [0, 0.1) is 0 Å². The average molecular weight is 733 g/mol. The second kappa shape index (κ2) is 33.6. The fourth-order valence-corrected chi connectivity index (χ4v) is 6.44. The predicted molar refractivity (Wildman–Crippen MR) is 206 cm³/mol. The molecular weight excluding hydrogens is 653 g/mol. The van der Waals surface area contributed by atoms with Gasteiger partial charge in [-0.05, 0) is 25.7 Å². The van der Waals surface area contributed by atoms with Crippen molar-refractivity contribution < 1.29 is 42.1 Å². The SMILES string of the molecule is C=CCCCCCCCCCCCCCCCC(=O)OC[C@H](COP(=O)(O)OCC[N+](C)(C)C)OC(=O)CCCCCCCCCCCCC. The van der Waals surface area contributed by atoms with E-state index in [2.05, 4.69) is 13.5 Å². The minimum absolute atomic E-state index is 0.0343. The monoisotopic (exact) mass is 733 g/mol. The van der Waals surface area contributed by atoms with Crippen molar-refractivity contribution in [2.24, 2.45) is 0 Å². The quantitative estimate of drug-likeness (QED) is 0.0220. The number of esters is 2. The molecule has 1 unspecified atom stereocenters. The zero-order valence-corrected chi connectivity index (χ0v) is 33.9. The molecule has 0 aliphatic rings. The molecule has 0 aliphatic heterocycles. The highest BCUT2D eigenvalue weighted by Crippen LogP contribution is 2.43. The van der Waals surface area contributed by atoms with Crippen molar-refractivity contribution in [2.45, 2.75) is 186 Å². The van der Waals surface area contributed by atoms with E-state index in [1.54, 1.807) is 0 Å². The van der Waals surface area contributed by atoms with Gasteiger partial charge in [0.05, 0.1) is 27.7 Å². The van der Waals surface area contributed by atoms with E-state index in [0.29, 0.717) is 23.9 Å². The first-order valence-electron chi connectivity index (χ1n) is 20.4. The van der Waals surface area contributed by atoms with Gasteiger partial charge in [-0.2, -0.15) is 0 Å². The molecule has 0 spiro atoms. The summed E-state index contributed by atoms with van der Waals surface area (Å²) >= 11 is 0. The second-order valence-electron chi connectivity index (χ2n) is 15.1. The first-order chi connectivity index (χ1) is 24.0. The number of rotatable bonds is 38. The third kappa shape index (κ3) is 36.5. The van der Waals surface area contributed by atoms with Crippen molar-refractivity contribution in [3.63, 3.8) is 0 Å². The maximum absolute atomic E-state index is 12.6. The third-order valence-corrected chi connectivity index (χ3v) is 9.93. The summed E-state index contributed by atoms with van der Waals surface area (Å²) in [4.78, 5) is 35.2. The van der Waals surface area contributed by atoms with Crippen LogP contribution in [-0.2, 0) is 32.7 Å². The highest BCUT2D eigenvalue weighted by molar-refractivity contribution is 7.47. The van der Waals surface area contributed by atoms with Crippen molar-refractivity contribution in [3.05, 3.63) is 12.7 Å². The zero-order valence-electron chi connectivity index (χ0n) is 33.0. The van der Waals surface area contributed by atoms with Gasteiger partial charge in [0.2, 0.25) is 0 Å². The first-order valence-corrected chi connectivity index (χ1v) is 21.9. The number of nitrogens with zero attached hydrogens (tertiary/aromatic N) is 1. The Labute approximate surface area is 307 Å². The van der Waals surface area contributed by atoms with Crippen LogP contribution in [0.1, 0.15) is 180 Å². The number of carbonyl (C=O) groups excluding carboxylic acids is 2. The van der Waals surface area contributed by atoms with Gasteiger partial charge in [0, 0.05) is 12.8 Å². The molecule has 0 bridgehead atoms. The minimum atomic E-state index is -4.36. The Kier molecular flexibility index (Phi) is 32.7. The van der Waals surface area contributed by atoms with E-state index in [1.165, 1.54) is 116 Å². The number of quaternary nitrogens is 1. The van der Waals surface area contributed by atoms with Crippen molar-refractivity contribution in [1.82, 2.24) is 0 Å². The summed E-state index contributed by atoms with van der Waals surface area (Å²) in [5.41, 5.74) is 0. The molecule has 9 nitrogen and oxygen atoms in total. The summed E-state index contributed by atoms with van der Waals surface area (Å²) in [7, 11) is 1.48. The lowest BCUT2D eigenvalue weighted by Crippen LogP contribution is -2.37. The molecule has 0 fully saturated rings. The van der Waals surface area contributed by atoms with Crippen LogP contribution in [0.5, 0.6) is 0 Å². The Bertz CT molecular complexity index is 863. The van der Waals surface area contributed by atoms with Crippen LogP contribution in [0.25, 0.3) is 0 Å². The van der Waals surface area contributed by atoms with Gasteiger partial charge in [0.25, 0.3) is 0 Å². The standard InChI is InChI=1S/C40H78NO8P/c1-6-8-10-12-14-16-18-19-20-21-23-24-26-28-30-32-39(42)46-36-38(37-48-50(44,45)47-35-34-41(3,4)5)49-40(43)33-31-29-27-25-22-17-15-13-11-9-7-2/h6,38H,1,7-37H2,2-5H3/p+1/t38-/m1/s1. The fourth-order valence-electron chi connectivity index (χ4n) is 5.70. The first kappa shape index (κ1) is 48.8. The molecule has 0 saturated carbocycles. The molecule has 0 heterocycles. The molecule has 0 aromatic rings. The van der Waals surface area contributed by atoms with Crippen molar-refractivity contribution in [2.75, 3.05) is 47.5 Å². The molecule has 0 radical (unpaired) electrons. The number of hydrogen-bond acceptors (Lipinski definition) is 7. The van der Waals surface area contributed by atoms with Crippen molar-refractivity contribution in [3.8, 4) is 0 Å². The topological polar surface area (TPSA) is 108 Å². The lowest BCUT2D eigenvalue weighted by Gasteiger charge is -2.24. The molecule has 0 amide bonds. The Morgan fingerprint density at radius 2 is 1.06 bits per heavy atom. The van der Waals surface area contributed by atoms with Gasteiger partial charge in [-0.25, -0.2) is 4.57 Å². The molecule has 0 aromatic carbocycles. The van der Waals surface area contributed by atoms with E-state index in [9.17, 15) is 19.0 Å². The Morgan fingerprint density at radius 1 is 0.640 bits per heavy atom. The molecule has 1 N–H and O–H groups in total. The van der Waals surface area contributed by atoms with Gasteiger partial charge in [-0.3, -0.25) is 18.6 Å². The summed E-state index contributed by atoms with van der Waals surface area (Å²) < 4.78 is 34.2. The van der Waals surface area contributed by atoms with E-state index >= 15 is 0 Å². The molecule has 0 rings (SSSR count). The summed E-state index contributed by atoms with van der Waals surface area (Å²) in [5.74, 6) is -0.796. The number of carbonyl (C=O) groups is 2. The smallest absolute Gasteiger partial charge is 0.462 e. The van der Waals surface area contributed by atoms with Gasteiger partial charge >= 0.3 is 19.8 Å². The second-order valence-corrected chi connectivity index (χ2v) is 16.6. The van der Waals surface area contributed by atoms with Crippen LogP contribution in [0.2, 0.25) is 0 Å². The van der Waals surface area contributed by atoms with Crippen LogP contribution >= 0.6 is 7.82 Å². The van der Waals surface area contributed by atoms with Crippen molar-refractivity contribution >= 4 is 19.8 Å². The van der Waals surface area contributed by atoms with Gasteiger partial charge in [0.1, 0.15) is 19.8 Å². The highest BCUT2D eigenvalue weighted by Gasteiger charge is 2.27. The summed E-state index contributed by atoms with van der Waals surface area (Å²) in [6, 6.07) is 0. The van der Waals surface area contributed by atoms with Gasteiger partial charge in [0.15, 0.2) is 6.10 Å². The largest absolute Gasteiger partial charge is 0.472 e.